The maximum absolute atomic E-state index is 5.98. The molecule has 45 heavy (non-hydrogen) atoms. The summed E-state index contributed by atoms with van der Waals surface area (Å²) in [4.78, 5) is 22.1. The molecule has 0 amide bonds. The summed E-state index contributed by atoms with van der Waals surface area (Å²) in [5.74, 6) is 1.21. The van der Waals surface area contributed by atoms with E-state index in [-0.39, 0.29) is 0 Å². The molecule has 0 aliphatic carbocycles. The summed E-state index contributed by atoms with van der Waals surface area (Å²) in [6.45, 7) is 3.31. The van der Waals surface area contributed by atoms with Crippen molar-refractivity contribution in [3.63, 3.8) is 0 Å². The molecule has 1 fully saturated rings. The number of hydrogen-bond acceptors (Lipinski definition) is 10. The zero-order chi connectivity index (χ0) is 30.0. The predicted molar refractivity (Wildman–Crippen MR) is 178 cm³/mol. The third kappa shape index (κ3) is 5.62. The van der Waals surface area contributed by atoms with Gasteiger partial charge in [0.05, 0.1) is 30.8 Å². The van der Waals surface area contributed by atoms with Gasteiger partial charge >= 0.3 is 0 Å². The lowest BCUT2D eigenvalue weighted by atomic mass is 10.1. The van der Waals surface area contributed by atoms with Crippen molar-refractivity contribution in [3.8, 4) is 34.0 Å². The van der Waals surface area contributed by atoms with Crippen LogP contribution in [0, 0.1) is 0 Å². The Morgan fingerprint density at radius 2 is 1.62 bits per heavy atom. The molecule has 11 heteroatoms. The first kappa shape index (κ1) is 27.1. The third-order valence-corrected chi connectivity index (χ3v) is 8.37. The number of imidazole rings is 1. The van der Waals surface area contributed by atoms with Crippen LogP contribution in [0.5, 0.6) is 0 Å². The van der Waals surface area contributed by atoms with Crippen molar-refractivity contribution in [2.45, 2.75) is 0 Å². The number of thiazole rings is 1. The monoisotopic (exact) mass is 612 g/mol. The molecule has 1 aliphatic rings. The zero-order valence-electron chi connectivity index (χ0n) is 24.1. The number of benzene rings is 3. The number of nitrogens with zero attached hydrogens (tertiary/aromatic N) is 6. The fourth-order valence-electron chi connectivity index (χ4n) is 5.42. The molecule has 222 valence electrons. The quantitative estimate of drug-likeness (QED) is 0.180. The molecule has 3 aromatic carbocycles. The summed E-state index contributed by atoms with van der Waals surface area (Å²) >= 11 is 1.58. The molecule has 0 bridgehead atoms. The number of rotatable bonds is 8. The predicted octanol–water partition coefficient (Wildman–Crippen LogP) is 7.50. The van der Waals surface area contributed by atoms with E-state index in [9.17, 15) is 0 Å². The van der Waals surface area contributed by atoms with E-state index < -0.39 is 0 Å². The lowest BCUT2D eigenvalue weighted by Gasteiger charge is -2.28. The second kappa shape index (κ2) is 11.9. The highest BCUT2D eigenvalue weighted by atomic mass is 32.1. The van der Waals surface area contributed by atoms with Gasteiger partial charge in [-0.2, -0.15) is 0 Å². The second-order valence-electron chi connectivity index (χ2n) is 10.5. The SMILES string of the molecule is c1ccc(-c2cnc(Nc3cccc(-c4nc5sccn5c4-c4ccnc(Nc5ccc(N6CCOCC6)cc5)n4)c3)o2)cc1. The maximum Gasteiger partial charge on any atom is 0.299 e. The van der Waals surface area contributed by atoms with Crippen LogP contribution in [0.3, 0.4) is 0 Å². The van der Waals surface area contributed by atoms with Gasteiger partial charge in [0.15, 0.2) is 10.7 Å². The lowest BCUT2D eigenvalue weighted by Crippen LogP contribution is -2.36. The van der Waals surface area contributed by atoms with Crippen LogP contribution < -0.4 is 15.5 Å². The van der Waals surface area contributed by atoms with Gasteiger partial charge in [-0.05, 0) is 42.5 Å². The Morgan fingerprint density at radius 3 is 2.49 bits per heavy atom. The summed E-state index contributed by atoms with van der Waals surface area (Å²) in [7, 11) is 0. The number of fused-ring (bicyclic) bond motifs is 1. The van der Waals surface area contributed by atoms with E-state index in [1.165, 1.54) is 5.69 Å². The van der Waals surface area contributed by atoms with Crippen LogP contribution in [0.1, 0.15) is 0 Å². The first-order valence-corrected chi connectivity index (χ1v) is 15.5. The molecule has 5 heterocycles. The summed E-state index contributed by atoms with van der Waals surface area (Å²) in [6, 6.07) is 28.6. The van der Waals surface area contributed by atoms with Gasteiger partial charge in [-0.1, -0.05) is 42.5 Å². The first-order chi connectivity index (χ1) is 22.3. The molecule has 1 saturated heterocycles. The molecule has 0 spiro atoms. The van der Waals surface area contributed by atoms with Crippen molar-refractivity contribution in [2.24, 2.45) is 0 Å². The van der Waals surface area contributed by atoms with Gasteiger partial charge in [-0.3, -0.25) is 4.40 Å². The molecular weight excluding hydrogens is 584 g/mol. The molecule has 2 N–H and O–H groups in total. The zero-order valence-corrected chi connectivity index (χ0v) is 24.9. The molecule has 0 unspecified atom stereocenters. The smallest absolute Gasteiger partial charge is 0.299 e. The van der Waals surface area contributed by atoms with Crippen molar-refractivity contribution in [2.75, 3.05) is 41.8 Å². The van der Waals surface area contributed by atoms with Crippen LogP contribution in [0.15, 0.2) is 113 Å². The lowest BCUT2D eigenvalue weighted by molar-refractivity contribution is 0.122. The summed E-state index contributed by atoms with van der Waals surface area (Å²) in [5.41, 5.74) is 7.31. The Balaban J connectivity index is 1.07. The van der Waals surface area contributed by atoms with Crippen molar-refractivity contribution in [3.05, 3.63) is 109 Å². The highest BCUT2D eigenvalue weighted by molar-refractivity contribution is 7.15. The normalized spacial score (nSPS) is 13.3. The molecule has 4 aromatic heterocycles. The van der Waals surface area contributed by atoms with Crippen molar-refractivity contribution >= 4 is 45.3 Å². The topological polar surface area (TPSA) is 106 Å². The van der Waals surface area contributed by atoms with Crippen molar-refractivity contribution in [1.82, 2.24) is 24.3 Å². The number of anilines is 5. The van der Waals surface area contributed by atoms with E-state index in [2.05, 4.69) is 54.2 Å². The summed E-state index contributed by atoms with van der Waals surface area (Å²) in [6.07, 6.45) is 5.51. The minimum absolute atomic E-state index is 0.418. The highest BCUT2D eigenvalue weighted by Crippen LogP contribution is 2.35. The van der Waals surface area contributed by atoms with Crippen LogP contribution in [0.4, 0.5) is 29.0 Å². The Labute approximate surface area is 263 Å². The number of ether oxygens (including phenoxy) is 1. The Morgan fingerprint density at radius 1 is 0.778 bits per heavy atom. The van der Waals surface area contributed by atoms with E-state index in [0.717, 1.165) is 70.8 Å². The van der Waals surface area contributed by atoms with E-state index in [0.29, 0.717) is 17.7 Å². The number of hydrogen-bond donors (Lipinski definition) is 2. The minimum Gasteiger partial charge on any atom is -0.423 e. The van der Waals surface area contributed by atoms with Crippen LogP contribution in [-0.2, 0) is 4.74 Å². The van der Waals surface area contributed by atoms with E-state index in [1.807, 2.05) is 72.2 Å². The molecular formula is C34H28N8O2S. The molecule has 1 aliphatic heterocycles. The molecule has 7 aromatic rings. The Hall–Kier alpha value is -5.52. The average molecular weight is 613 g/mol. The minimum atomic E-state index is 0.418. The van der Waals surface area contributed by atoms with Gasteiger partial charge in [-0.15, -0.1) is 11.3 Å². The summed E-state index contributed by atoms with van der Waals surface area (Å²) < 4.78 is 13.5. The molecule has 8 rings (SSSR count). The standard InChI is InChI=1S/C34H28N8O2S/c1-2-5-23(6-3-1)29-22-36-33(44-29)38-26-8-4-7-24(21-26)30-31(42-17-20-45-34(42)40-30)28-13-14-35-32(39-28)37-25-9-11-27(12-10-25)41-15-18-43-19-16-41/h1-14,17,20-22H,15-16,18-19H2,(H,36,38)(H,35,37,39). The van der Waals surface area contributed by atoms with Gasteiger partial charge in [-0.25, -0.2) is 19.9 Å². The van der Waals surface area contributed by atoms with Crippen LogP contribution in [0.25, 0.3) is 38.9 Å². The van der Waals surface area contributed by atoms with Crippen molar-refractivity contribution < 1.29 is 9.15 Å². The third-order valence-electron chi connectivity index (χ3n) is 7.61. The van der Waals surface area contributed by atoms with Gasteiger partial charge in [0.1, 0.15) is 5.69 Å². The molecule has 10 nitrogen and oxygen atoms in total. The maximum atomic E-state index is 5.98. The summed E-state index contributed by atoms with van der Waals surface area (Å²) in [5, 5.41) is 8.69. The Bertz CT molecular complexity index is 2060. The second-order valence-corrected chi connectivity index (χ2v) is 11.4. The van der Waals surface area contributed by atoms with Gasteiger partial charge < -0.3 is 24.7 Å². The van der Waals surface area contributed by atoms with Gasteiger partial charge in [0.25, 0.3) is 6.01 Å². The Kier molecular flexibility index (Phi) is 7.14. The van der Waals surface area contributed by atoms with Gasteiger partial charge in [0, 0.05) is 59.1 Å². The van der Waals surface area contributed by atoms with Crippen LogP contribution in [-0.4, -0.2) is 50.6 Å². The van der Waals surface area contributed by atoms with E-state index in [4.69, 9.17) is 19.1 Å². The fraction of sp³-hybridized carbons (Fsp3) is 0.118. The number of morpholine rings is 1. The average Bonchev–Trinajstić information content (AvgIpc) is 3.83. The largest absolute Gasteiger partial charge is 0.423 e. The van der Waals surface area contributed by atoms with Crippen LogP contribution in [0.2, 0.25) is 0 Å². The first-order valence-electron chi connectivity index (χ1n) is 14.6. The van der Waals surface area contributed by atoms with Gasteiger partial charge in [0.2, 0.25) is 5.95 Å². The van der Waals surface area contributed by atoms with Crippen LogP contribution >= 0.6 is 11.3 Å². The van der Waals surface area contributed by atoms with E-state index >= 15 is 0 Å². The highest BCUT2D eigenvalue weighted by Gasteiger charge is 2.19. The number of nitrogens with one attached hydrogen (secondary N) is 2. The van der Waals surface area contributed by atoms with E-state index in [1.54, 1.807) is 23.7 Å². The molecule has 0 radical (unpaired) electrons. The number of oxazole rings is 1. The molecule has 0 atom stereocenters. The molecule has 0 saturated carbocycles. The fourth-order valence-corrected chi connectivity index (χ4v) is 6.14. The number of aromatic nitrogens is 5. The van der Waals surface area contributed by atoms with Crippen molar-refractivity contribution in [1.29, 1.82) is 0 Å².